The minimum atomic E-state index is -0.624. The maximum Gasteiger partial charge on any atom is 0.310 e. The first-order valence-electron chi connectivity index (χ1n) is 8.36. The maximum absolute atomic E-state index is 13.5. The molecule has 1 aromatic carbocycles. The van der Waals surface area contributed by atoms with Gasteiger partial charge in [0.15, 0.2) is 6.61 Å². The first-order valence-corrected chi connectivity index (χ1v) is 9.58. The fraction of sp³-hybridized carbons (Fsp3) is 0.278. The average Bonchev–Trinajstić information content (AvgIpc) is 3.08. The first kappa shape index (κ1) is 19.7. The molecule has 0 radical (unpaired) electrons. The van der Waals surface area contributed by atoms with Gasteiger partial charge in [-0.1, -0.05) is 23.9 Å². The Hall–Kier alpha value is -3.01. The van der Waals surface area contributed by atoms with Gasteiger partial charge in [0, 0.05) is 17.0 Å². The van der Waals surface area contributed by atoms with Crippen molar-refractivity contribution in [1.29, 1.82) is 0 Å². The summed E-state index contributed by atoms with van der Waals surface area (Å²) in [6, 6.07) is 5.75. The Kier molecular flexibility index (Phi) is 5.88. The Morgan fingerprint density at radius 2 is 2.00 bits per heavy atom. The summed E-state index contributed by atoms with van der Waals surface area (Å²) in [7, 11) is 0. The smallest absolute Gasteiger partial charge is 0.310 e. The Balaban J connectivity index is 1.64. The zero-order chi connectivity index (χ0) is 20.3. The summed E-state index contributed by atoms with van der Waals surface area (Å²) in [6.07, 6.45) is 1.80. The standard InChI is InChI=1S/C18H18FN5O3S/c1-10-12(11(2)24-17(20-10)22-18(23-24)28-3)8-16(26)27-9-15(25)21-14-7-5-4-6-13(14)19/h4-7H,8-9H2,1-3H3,(H,21,25). The largest absolute Gasteiger partial charge is 0.455 e. The van der Waals surface area contributed by atoms with Crippen LogP contribution in [0.5, 0.6) is 0 Å². The van der Waals surface area contributed by atoms with Gasteiger partial charge in [0.1, 0.15) is 5.82 Å². The zero-order valence-electron chi connectivity index (χ0n) is 15.5. The molecule has 10 heteroatoms. The number of nitrogens with zero attached hydrogens (tertiary/aromatic N) is 4. The van der Waals surface area contributed by atoms with E-state index in [2.05, 4.69) is 20.4 Å². The lowest BCUT2D eigenvalue weighted by atomic mass is 10.1. The molecule has 0 spiro atoms. The number of esters is 1. The number of thioether (sulfide) groups is 1. The Morgan fingerprint density at radius 1 is 1.25 bits per heavy atom. The van der Waals surface area contributed by atoms with Crippen molar-refractivity contribution in [2.24, 2.45) is 0 Å². The third-order valence-corrected chi connectivity index (χ3v) is 4.58. The van der Waals surface area contributed by atoms with E-state index in [-0.39, 0.29) is 12.1 Å². The van der Waals surface area contributed by atoms with E-state index >= 15 is 0 Å². The lowest BCUT2D eigenvalue weighted by Gasteiger charge is -2.10. The summed E-state index contributed by atoms with van der Waals surface area (Å²) in [6.45, 7) is 3.07. The highest BCUT2D eigenvalue weighted by Gasteiger charge is 2.17. The number of para-hydroxylation sites is 1. The molecule has 0 aliphatic carbocycles. The van der Waals surface area contributed by atoms with Crippen molar-refractivity contribution in [3.8, 4) is 0 Å². The van der Waals surface area contributed by atoms with Gasteiger partial charge in [0.2, 0.25) is 5.16 Å². The molecule has 0 atom stereocenters. The minimum Gasteiger partial charge on any atom is -0.455 e. The number of aryl methyl sites for hydroxylation is 2. The van der Waals surface area contributed by atoms with E-state index in [4.69, 9.17) is 4.74 Å². The van der Waals surface area contributed by atoms with Gasteiger partial charge >= 0.3 is 5.97 Å². The minimum absolute atomic E-state index is 0.0284. The Morgan fingerprint density at radius 3 is 2.71 bits per heavy atom. The molecule has 0 aliphatic rings. The van der Waals surface area contributed by atoms with Crippen molar-refractivity contribution in [3.05, 3.63) is 47.0 Å². The quantitative estimate of drug-likeness (QED) is 0.498. The molecule has 146 valence electrons. The van der Waals surface area contributed by atoms with E-state index in [0.717, 1.165) is 5.69 Å². The van der Waals surface area contributed by atoms with E-state index in [1.165, 1.54) is 30.0 Å². The molecule has 8 nitrogen and oxygen atoms in total. The van der Waals surface area contributed by atoms with Crippen LogP contribution in [0.25, 0.3) is 5.78 Å². The van der Waals surface area contributed by atoms with Gasteiger partial charge in [-0.05, 0) is 32.2 Å². The number of carbonyl (C=O) groups is 2. The van der Waals surface area contributed by atoms with E-state index in [9.17, 15) is 14.0 Å². The number of hydrogen-bond acceptors (Lipinski definition) is 7. The molecule has 0 aliphatic heterocycles. The summed E-state index contributed by atoms with van der Waals surface area (Å²) in [5.74, 6) is -1.33. The van der Waals surface area contributed by atoms with Crippen LogP contribution in [0, 0.1) is 19.7 Å². The predicted octanol–water partition coefficient (Wildman–Crippen LogP) is 2.33. The van der Waals surface area contributed by atoms with Crippen LogP contribution in [0.1, 0.15) is 17.0 Å². The number of halogens is 1. The lowest BCUT2D eigenvalue weighted by molar-refractivity contribution is -0.146. The van der Waals surface area contributed by atoms with Gasteiger partial charge < -0.3 is 10.1 Å². The highest BCUT2D eigenvalue weighted by Crippen LogP contribution is 2.17. The molecule has 0 fully saturated rings. The third kappa shape index (κ3) is 4.28. The number of hydrogen-bond donors (Lipinski definition) is 1. The Bertz CT molecular complexity index is 1050. The van der Waals surface area contributed by atoms with Crippen LogP contribution in [-0.2, 0) is 20.7 Å². The average molecular weight is 403 g/mol. The number of fused-ring (bicyclic) bond motifs is 1. The second-order valence-corrected chi connectivity index (χ2v) is 6.71. The highest BCUT2D eigenvalue weighted by atomic mass is 32.2. The van der Waals surface area contributed by atoms with E-state index in [1.807, 2.05) is 13.2 Å². The molecule has 0 saturated carbocycles. The van der Waals surface area contributed by atoms with Crippen LogP contribution in [0.3, 0.4) is 0 Å². The molecule has 1 amide bonds. The fourth-order valence-electron chi connectivity index (χ4n) is 2.62. The summed E-state index contributed by atoms with van der Waals surface area (Å²) in [5, 5.41) is 7.26. The van der Waals surface area contributed by atoms with Crippen LogP contribution in [0.2, 0.25) is 0 Å². The van der Waals surface area contributed by atoms with Crippen molar-refractivity contribution < 1.29 is 18.7 Å². The molecule has 0 bridgehead atoms. The van der Waals surface area contributed by atoms with E-state index in [0.29, 0.717) is 22.2 Å². The van der Waals surface area contributed by atoms with Gasteiger partial charge in [-0.3, -0.25) is 9.59 Å². The number of benzene rings is 1. The summed E-state index contributed by atoms with van der Waals surface area (Å²) < 4.78 is 20.1. The van der Waals surface area contributed by atoms with Gasteiger partial charge in [0.25, 0.3) is 11.7 Å². The van der Waals surface area contributed by atoms with E-state index in [1.54, 1.807) is 17.5 Å². The SMILES string of the molecule is CSc1nc2nc(C)c(CC(=O)OCC(=O)Nc3ccccc3F)c(C)n2n1. The highest BCUT2D eigenvalue weighted by molar-refractivity contribution is 7.98. The van der Waals surface area contributed by atoms with Crippen LogP contribution < -0.4 is 5.32 Å². The lowest BCUT2D eigenvalue weighted by Crippen LogP contribution is -2.22. The van der Waals surface area contributed by atoms with Crippen molar-refractivity contribution in [3.63, 3.8) is 0 Å². The topological polar surface area (TPSA) is 98.5 Å². The number of anilines is 1. The van der Waals surface area contributed by atoms with Crippen LogP contribution >= 0.6 is 11.8 Å². The van der Waals surface area contributed by atoms with Gasteiger partial charge in [0.05, 0.1) is 12.1 Å². The van der Waals surface area contributed by atoms with Crippen molar-refractivity contribution in [1.82, 2.24) is 19.6 Å². The van der Waals surface area contributed by atoms with Gasteiger partial charge in [-0.2, -0.15) is 4.98 Å². The molecular weight excluding hydrogens is 385 g/mol. The monoisotopic (exact) mass is 403 g/mol. The van der Waals surface area contributed by atoms with E-state index < -0.39 is 24.3 Å². The predicted molar refractivity (Wildman–Crippen MR) is 102 cm³/mol. The third-order valence-electron chi connectivity index (χ3n) is 4.05. The van der Waals surface area contributed by atoms with Crippen LogP contribution in [0.15, 0.2) is 29.4 Å². The van der Waals surface area contributed by atoms with Crippen molar-refractivity contribution >= 4 is 35.1 Å². The van der Waals surface area contributed by atoms with Gasteiger partial charge in [-0.25, -0.2) is 13.9 Å². The number of rotatable bonds is 6. The number of ether oxygens (including phenoxy) is 1. The molecule has 3 aromatic rings. The Labute approximate surface area is 164 Å². The molecule has 2 aromatic heterocycles. The summed E-state index contributed by atoms with van der Waals surface area (Å²) in [4.78, 5) is 32.7. The number of nitrogens with one attached hydrogen (secondary N) is 1. The molecule has 28 heavy (non-hydrogen) atoms. The second kappa shape index (κ2) is 8.34. The summed E-state index contributed by atoms with van der Waals surface area (Å²) in [5.41, 5.74) is 2.05. The van der Waals surface area contributed by atoms with Crippen molar-refractivity contribution in [2.75, 3.05) is 18.2 Å². The fourth-order valence-corrected chi connectivity index (χ4v) is 2.96. The van der Waals surface area contributed by atoms with Gasteiger partial charge in [-0.15, -0.1) is 5.10 Å². The number of carbonyl (C=O) groups excluding carboxylic acids is 2. The number of amides is 1. The van der Waals surface area contributed by atoms with Crippen LogP contribution in [0.4, 0.5) is 10.1 Å². The maximum atomic E-state index is 13.5. The van der Waals surface area contributed by atoms with Crippen LogP contribution in [-0.4, -0.2) is 44.3 Å². The summed E-state index contributed by atoms with van der Waals surface area (Å²) >= 11 is 1.40. The zero-order valence-corrected chi connectivity index (χ0v) is 16.3. The molecule has 0 unspecified atom stereocenters. The first-order chi connectivity index (χ1) is 13.4. The normalized spacial score (nSPS) is 10.9. The molecule has 3 rings (SSSR count). The number of aromatic nitrogens is 4. The molecular formula is C18H18FN5O3S. The molecule has 0 saturated heterocycles. The molecule has 2 heterocycles. The second-order valence-electron chi connectivity index (χ2n) is 5.94. The molecule has 1 N–H and O–H groups in total. The van der Waals surface area contributed by atoms with Crippen molar-refractivity contribution in [2.45, 2.75) is 25.4 Å².